The normalized spacial score (nSPS) is 21.6. The highest BCUT2D eigenvalue weighted by molar-refractivity contribution is 6.00. The lowest BCUT2D eigenvalue weighted by Gasteiger charge is -2.39. The van der Waals surface area contributed by atoms with Gasteiger partial charge in [0.25, 0.3) is 0 Å². The summed E-state index contributed by atoms with van der Waals surface area (Å²) in [6.07, 6.45) is -0.0986. The summed E-state index contributed by atoms with van der Waals surface area (Å²) < 4.78 is 5.27. The number of imide groups is 1. The Morgan fingerprint density at radius 1 is 1.00 bits per heavy atom. The summed E-state index contributed by atoms with van der Waals surface area (Å²) in [6, 6.07) is 19.3. The zero-order valence-corrected chi connectivity index (χ0v) is 12.4. The molecule has 2 aromatic rings. The van der Waals surface area contributed by atoms with Crippen LogP contribution in [0.25, 0.3) is 0 Å². The van der Waals surface area contributed by atoms with Crippen LogP contribution in [0.15, 0.2) is 60.7 Å². The number of hydrogen-bond acceptors (Lipinski definition) is 3. The Balaban J connectivity index is 2.07. The quantitative estimate of drug-likeness (QED) is 0.874. The number of likely N-dealkylation sites (N-methyl/N-ethyl adjacent to an activating group) is 1. The van der Waals surface area contributed by atoms with Crippen LogP contribution in [0, 0.1) is 0 Å². The van der Waals surface area contributed by atoms with Crippen LogP contribution in [0.1, 0.15) is 11.1 Å². The summed E-state index contributed by atoms with van der Waals surface area (Å²) >= 11 is 0. The SMILES string of the molecule is CN1C(=O)OCC(Cc2ccccc2)(c2ccccc2)C1=O. The molecular weight excluding hydrogens is 278 g/mol. The van der Waals surface area contributed by atoms with Gasteiger partial charge in [0.15, 0.2) is 0 Å². The topological polar surface area (TPSA) is 46.6 Å². The number of carbonyl (C=O) groups is 2. The van der Waals surface area contributed by atoms with Crippen molar-refractivity contribution in [3.63, 3.8) is 0 Å². The fourth-order valence-corrected chi connectivity index (χ4v) is 2.88. The van der Waals surface area contributed by atoms with E-state index >= 15 is 0 Å². The van der Waals surface area contributed by atoms with E-state index in [1.807, 2.05) is 60.7 Å². The number of cyclic esters (lactones) is 1. The molecule has 1 unspecified atom stereocenters. The summed E-state index contributed by atoms with van der Waals surface area (Å²) in [5, 5.41) is 0. The van der Waals surface area contributed by atoms with Gasteiger partial charge in [-0.25, -0.2) is 9.69 Å². The monoisotopic (exact) mass is 295 g/mol. The first-order valence-electron chi connectivity index (χ1n) is 7.18. The fraction of sp³-hybridized carbons (Fsp3) is 0.222. The van der Waals surface area contributed by atoms with Crippen molar-refractivity contribution in [2.45, 2.75) is 11.8 Å². The molecule has 0 spiro atoms. The Labute approximate surface area is 129 Å². The molecule has 22 heavy (non-hydrogen) atoms. The molecule has 0 saturated carbocycles. The predicted octanol–water partition coefficient (Wildman–Crippen LogP) is 2.78. The van der Waals surface area contributed by atoms with Crippen molar-refractivity contribution in [3.05, 3.63) is 71.8 Å². The summed E-state index contributed by atoms with van der Waals surface area (Å²) in [4.78, 5) is 25.6. The van der Waals surface area contributed by atoms with Crippen molar-refractivity contribution in [1.29, 1.82) is 0 Å². The van der Waals surface area contributed by atoms with E-state index in [1.165, 1.54) is 7.05 Å². The van der Waals surface area contributed by atoms with Gasteiger partial charge in [0.2, 0.25) is 5.91 Å². The third kappa shape index (κ3) is 2.37. The van der Waals surface area contributed by atoms with E-state index in [-0.39, 0.29) is 12.5 Å². The number of ether oxygens (including phenoxy) is 1. The molecular formula is C18H17NO3. The first-order chi connectivity index (χ1) is 10.6. The zero-order valence-electron chi connectivity index (χ0n) is 12.4. The van der Waals surface area contributed by atoms with Crippen LogP contribution in [0.3, 0.4) is 0 Å². The lowest BCUT2D eigenvalue weighted by molar-refractivity contribution is -0.141. The first-order valence-corrected chi connectivity index (χ1v) is 7.18. The van der Waals surface area contributed by atoms with Crippen LogP contribution in [0.5, 0.6) is 0 Å². The number of rotatable bonds is 3. The van der Waals surface area contributed by atoms with Crippen molar-refractivity contribution >= 4 is 12.0 Å². The van der Waals surface area contributed by atoms with Gasteiger partial charge in [-0.1, -0.05) is 60.7 Å². The molecule has 0 N–H and O–H groups in total. The molecule has 1 fully saturated rings. The first kappa shape index (κ1) is 14.3. The molecule has 2 aromatic carbocycles. The number of carbonyl (C=O) groups excluding carboxylic acids is 2. The molecule has 1 aliphatic heterocycles. The summed E-state index contributed by atoms with van der Waals surface area (Å²) in [5.74, 6) is -0.223. The van der Waals surface area contributed by atoms with Crippen molar-refractivity contribution in [2.75, 3.05) is 13.7 Å². The Hall–Kier alpha value is -2.62. The molecule has 1 atom stereocenters. The van der Waals surface area contributed by atoms with Crippen molar-refractivity contribution in [2.24, 2.45) is 0 Å². The van der Waals surface area contributed by atoms with Gasteiger partial charge in [0.05, 0.1) is 0 Å². The maximum Gasteiger partial charge on any atom is 0.416 e. The highest BCUT2D eigenvalue weighted by Crippen LogP contribution is 2.34. The second kappa shape index (κ2) is 5.64. The van der Waals surface area contributed by atoms with E-state index in [0.29, 0.717) is 6.42 Å². The van der Waals surface area contributed by atoms with Gasteiger partial charge in [0.1, 0.15) is 12.0 Å². The van der Waals surface area contributed by atoms with E-state index < -0.39 is 11.5 Å². The van der Waals surface area contributed by atoms with E-state index in [0.717, 1.165) is 16.0 Å². The average molecular weight is 295 g/mol. The predicted molar refractivity (Wildman–Crippen MR) is 82.4 cm³/mol. The standard InChI is InChI=1S/C18H17NO3/c1-19-16(20)18(13-22-17(19)21,15-10-6-3-7-11-15)12-14-8-4-2-5-9-14/h2-11H,12-13H2,1H3. The van der Waals surface area contributed by atoms with Gasteiger partial charge in [0, 0.05) is 7.05 Å². The second-order valence-electron chi connectivity index (χ2n) is 5.53. The van der Waals surface area contributed by atoms with E-state index in [4.69, 9.17) is 4.74 Å². The molecule has 1 heterocycles. The molecule has 4 heteroatoms. The highest BCUT2D eigenvalue weighted by atomic mass is 16.6. The van der Waals surface area contributed by atoms with Gasteiger partial charge in [-0.3, -0.25) is 4.79 Å². The van der Waals surface area contributed by atoms with Gasteiger partial charge >= 0.3 is 6.09 Å². The molecule has 3 rings (SSSR count). The Kier molecular flexibility index (Phi) is 3.67. The molecule has 4 nitrogen and oxygen atoms in total. The van der Waals surface area contributed by atoms with Gasteiger partial charge in [-0.2, -0.15) is 0 Å². The molecule has 1 saturated heterocycles. The van der Waals surface area contributed by atoms with Crippen molar-refractivity contribution in [3.8, 4) is 0 Å². The maximum atomic E-state index is 12.9. The molecule has 0 aromatic heterocycles. The minimum atomic E-state index is -0.870. The molecule has 0 bridgehead atoms. The maximum absolute atomic E-state index is 12.9. The van der Waals surface area contributed by atoms with Crippen LogP contribution in [-0.4, -0.2) is 30.6 Å². The summed E-state index contributed by atoms with van der Waals surface area (Å²) in [7, 11) is 1.46. The van der Waals surface area contributed by atoms with Crippen molar-refractivity contribution in [1.82, 2.24) is 4.90 Å². The van der Waals surface area contributed by atoms with E-state index in [2.05, 4.69) is 0 Å². The molecule has 2 amide bonds. The van der Waals surface area contributed by atoms with Crippen LogP contribution in [-0.2, 0) is 21.4 Å². The Morgan fingerprint density at radius 2 is 1.59 bits per heavy atom. The second-order valence-corrected chi connectivity index (χ2v) is 5.53. The summed E-state index contributed by atoms with van der Waals surface area (Å²) in [5.41, 5.74) is 1.03. The number of benzene rings is 2. The fourth-order valence-electron chi connectivity index (χ4n) is 2.88. The van der Waals surface area contributed by atoms with E-state index in [1.54, 1.807) is 0 Å². The molecule has 0 aliphatic carbocycles. The highest BCUT2D eigenvalue weighted by Gasteiger charge is 2.48. The molecule has 1 aliphatic rings. The van der Waals surface area contributed by atoms with Gasteiger partial charge in [-0.05, 0) is 17.5 Å². The minimum absolute atomic E-state index is 0.0634. The smallest absolute Gasteiger partial charge is 0.416 e. The third-order valence-corrected chi connectivity index (χ3v) is 4.11. The molecule has 0 radical (unpaired) electrons. The third-order valence-electron chi connectivity index (χ3n) is 4.11. The van der Waals surface area contributed by atoms with Crippen LogP contribution >= 0.6 is 0 Å². The minimum Gasteiger partial charge on any atom is -0.448 e. The van der Waals surface area contributed by atoms with Crippen molar-refractivity contribution < 1.29 is 14.3 Å². The summed E-state index contributed by atoms with van der Waals surface area (Å²) in [6.45, 7) is 0.0634. The van der Waals surface area contributed by atoms with Gasteiger partial charge in [-0.15, -0.1) is 0 Å². The van der Waals surface area contributed by atoms with Crippen LogP contribution < -0.4 is 0 Å². The van der Waals surface area contributed by atoms with Crippen LogP contribution in [0.4, 0.5) is 4.79 Å². The Morgan fingerprint density at radius 3 is 2.23 bits per heavy atom. The average Bonchev–Trinajstić information content (AvgIpc) is 2.57. The zero-order chi connectivity index (χ0) is 15.6. The van der Waals surface area contributed by atoms with Gasteiger partial charge < -0.3 is 4.74 Å². The Bertz CT molecular complexity index is 684. The van der Waals surface area contributed by atoms with Crippen LogP contribution in [0.2, 0.25) is 0 Å². The number of hydrogen-bond donors (Lipinski definition) is 0. The number of amides is 2. The number of nitrogens with zero attached hydrogens (tertiary/aromatic N) is 1. The lowest BCUT2D eigenvalue weighted by atomic mass is 9.74. The molecule has 112 valence electrons. The largest absolute Gasteiger partial charge is 0.448 e. The lowest BCUT2D eigenvalue weighted by Crippen LogP contribution is -2.56. The van der Waals surface area contributed by atoms with E-state index in [9.17, 15) is 9.59 Å².